The number of methoxy groups -OCH3 is 1. The Morgan fingerprint density at radius 3 is 2.57 bits per heavy atom. The molecule has 7 nitrogen and oxygen atoms in total. The summed E-state index contributed by atoms with van der Waals surface area (Å²) in [5, 5.41) is 5.59. The van der Waals surface area contributed by atoms with Crippen LogP contribution in [0.1, 0.15) is 36.8 Å². The number of anilines is 1. The third kappa shape index (κ3) is 3.87. The van der Waals surface area contributed by atoms with Gasteiger partial charge in [-0.05, 0) is 36.6 Å². The number of hydrogen-bond acceptors (Lipinski definition) is 4. The van der Waals surface area contributed by atoms with Crippen molar-refractivity contribution in [3.8, 4) is 5.75 Å². The molecule has 1 heterocycles. The zero-order valence-corrected chi connectivity index (χ0v) is 16.9. The maximum atomic E-state index is 12.7. The highest BCUT2D eigenvalue weighted by atomic mass is 16.5. The molecule has 1 aliphatic carbocycles. The second-order valence-corrected chi connectivity index (χ2v) is 7.85. The Morgan fingerprint density at radius 2 is 1.87 bits per heavy atom. The second-order valence-electron chi connectivity index (χ2n) is 7.85. The van der Waals surface area contributed by atoms with Gasteiger partial charge in [-0.1, -0.05) is 43.2 Å². The SMILES string of the molecule is COc1ccc(NC(=O)CN2C(=O)NC3(CCCC3)C2=O)cc1Cc1ccccc1. The highest BCUT2D eigenvalue weighted by molar-refractivity contribution is 6.10. The fourth-order valence-electron chi connectivity index (χ4n) is 4.29. The molecule has 2 aromatic rings. The number of rotatable bonds is 6. The van der Waals surface area contributed by atoms with E-state index in [0.29, 0.717) is 24.9 Å². The van der Waals surface area contributed by atoms with Gasteiger partial charge in [0.25, 0.3) is 5.91 Å². The Labute approximate surface area is 175 Å². The Bertz CT molecular complexity index is 968. The van der Waals surface area contributed by atoms with Crippen LogP contribution in [0.3, 0.4) is 0 Å². The number of nitrogens with one attached hydrogen (secondary N) is 2. The molecule has 0 unspecified atom stereocenters. The zero-order chi connectivity index (χ0) is 21.1. The Hall–Kier alpha value is -3.35. The van der Waals surface area contributed by atoms with Crippen molar-refractivity contribution in [3.05, 3.63) is 59.7 Å². The normalized spacial score (nSPS) is 17.3. The van der Waals surface area contributed by atoms with Gasteiger partial charge in [-0.2, -0.15) is 0 Å². The number of imide groups is 1. The molecule has 2 fully saturated rings. The first kappa shape index (κ1) is 19.9. The molecule has 1 saturated heterocycles. The van der Waals surface area contributed by atoms with Crippen LogP contribution in [0, 0.1) is 0 Å². The summed E-state index contributed by atoms with van der Waals surface area (Å²) in [4.78, 5) is 38.6. The van der Waals surface area contributed by atoms with Gasteiger partial charge in [-0.3, -0.25) is 14.5 Å². The highest BCUT2D eigenvalue weighted by Crippen LogP contribution is 2.35. The number of nitrogens with zero attached hydrogens (tertiary/aromatic N) is 1. The van der Waals surface area contributed by atoms with Crippen LogP contribution in [0.2, 0.25) is 0 Å². The maximum Gasteiger partial charge on any atom is 0.325 e. The van der Waals surface area contributed by atoms with Crippen LogP contribution in [0.15, 0.2) is 48.5 Å². The number of carbonyl (C=O) groups is 3. The first-order valence-electron chi connectivity index (χ1n) is 10.2. The molecule has 156 valence electrons. The fraction of sp³-hybridized carbons (Fsp3) is 0.348. The van der Waals surface area contributed by atoms with Gasteiger partial charge in [-0.15, -0.1) is 0 Å². The molecule has 0 atom stereocenters. The summed E-state index contributed by atoms with van der Waals surface area (Å²) >= 11 is 0. The second kappa shape index (κ2) is 8.18. The minimum Gasteiger partial charge on any atom is -0.496 e. The summed E-state index contributed by atoms with van der Waals surface area (Å²) in [7, 11) is 1.61. The summed E-state index contributed by atoms with van der Waals surface area (Å²) in [6, 6.07) is 14.9. The maximum absolute atomic E-state index is 12.7. The Balaban J connectivity index is 1.45. The predicted molar refractivity (Wildman–Crippen MR) is 112 cm³/mol. The van der Waals surface area contributed by atoms with E-state index >= 15 is 0 Å². The van der Waals surface area contributed by atoms with Crippen molar-refractivity contribution in [1.29, 1.82) is 0 Å². The lowest BCUT2D eigenvalue weighted by atomic mass is 9.98. The number of benzene rings is 2. The van der Waals surface area contributed by atoms with Gasteiger partial charge in [0.05, 0.1) is 7.11 Å². The zero-order valence-electron chi connectivity index (χ0n) is 16.9. The third-order valence-corrected chi connectivity index (χ3v) is 5.81. The van der Waals surface area contributed by atoms with Crippen molar-refractivity contribution in [3.63, 3.8) is 0 Å². The molecule has 7 heteroatoms. The van der Waals surface area contributed by atoms with Crippen molar-refractivity contribution in [2.75, 3.05) is 19.0 Å². The van der Waals surface area contributed by atoms with E-state index in [-0.39, 0.29) is 12.5 Å². The van der Waals surface area contributed by atoms with Crippen molar-refractivity contribution < 1.29 is 19.1 Å². The fourth-order valence-corrected chi connectivity index (χ4v) is 4.29. The van der Waals surface area contributed by atoms with E-state index in [1.807, 2.05) is 36.4 Å². The molecular weight excluding hydrogens is 382 g/mol. The standard InChI is InChI=1S/C23H25N3O4/c1-30-19-10-9-18(14-17(19)13-16-7-3-2-4-8-16)24-20(27)15-26-21(28)23(25-22(26)29)11-5-6-12-23/h2-4,7-10,14H,5-6,11-13,15H2,1H3,(H,24,27)(H,25,29). The molecule has 2 aromatic carbocycles. The van der Waals surface area contributed by atoms with Crippen LogP contribution < -0.4 is 15.4 Å². The number of carbonyl (C=O) groups excluding carboxylic acids is 3. The first-order chi connectivity index (χ1) is 14.5. The van der Waals surface area contributed by atoms with Crippen molar-refractivity contribution >= 4 is 23.5 Å². The van der Waals surface area contributed by atoms with Gasteiger partial charge in [0.2, 0.25) is 5.91 Å². The molecule has 4 amide bonds. The summed E-state index contributed by atoms with van der Waals surface area (Å²) in [5.41, 5.74) is 1.84. The largest absolute Gasteiger partial charge is 0.496 e. The predicted octanol–water partition coefficient (Wildman–Crippen LogP) is 3.09. The quantitative estimate of drug-likeness (QED) is 0.721. The lowest BCUT2D eigenvalue weighted by Crippen LogP contribution is -2.44. The number of hydrogen-bond donors (Lipinski definition) is 2. The van der Waals surface area contributed by atoms with Gasteiger partial charge >= 0.3 is 6.03 Å². The van der Waals surface area contributed by atoms with Crippen LogP contribution in [-0.2, 0) is 16.0 Å². The molecule has 0 radical (unpaired) electrons. The molecule has 1 spiro atoms. The van der Waals surface area contributed by atoms with Crippen molar-refractivity contribution in [2.24, 2.45) is 0 Å². The minimum absolute atomic E-state index is 0.292. The summed E-state index contributed by atoms with van der Waals surface area (Å²) in [6.45, 7) is -0.299. The van der Waals surface area contributed by atoms with Crippen LogP contribution in [0.4, 0.5) is 10.5 Å². The minimum atomic E-state index is -0.805. The summed E-state index contributed by atoms with van der Waals surface area (Å²) in [6.07, 6.45) is 3.74. The van der Waals surface area contributed by atoms with Crippen LogP contribution in [0.5, 0.6) is 5.75 Å². The highest BCUT2D eigenvalue weighted by Gasteiger charge is 2.52. The van der Waals surface area contributed by atoms with Gasteiger partial charge in [-0.25, -0.2) is 4.79 Å². The third-order valence-electron chi connectivity index (χ3n) is 5.81. The average molecular weight is 407 g/mol. The molecule has 2 aliphatic rings. The molecule has 0 aromatic heterocycles. The van der Waals surface area contributed by atoms with Crippen molar-refractivity contribution in [1.82, 2.24) is 10.2 Å². The Kier molecular flexibility index (Phi) is 5.44. The van der Waals surface area contributed by atoms with E-state index in [9.17, 15) is 14.4 Å². The summed E-state index contributed by atoms with van der Waals surface area (Å²) < 4.78 is 5.45. The van der Waals surface area contributed by atoms with Crippen LogP contribution in [-0.4, -0.2) is 41.9 Å². The van der Waals surface area contributed by atoms with Crippen LogP contribution in [0.25, 0.3) is 0 Å². The van der Waals surface area contributed by atoms with E-state index in [1.54, 1.807) is 19.2 Å². The molecule has 0 bridgehead atoms. The molecule has 4 rings (SSSR count). The molecule has 1 saturated carbocycles. The smallest absolute Gasteiger partial charge is 0.325 e. The number of amides is 4. The average Bonchev–Trinajstić information content (AvgIpc) is 3.30. The lowest BCUT2D eigenvalue weighted by molar-refractivity contribution is -0.133. The molecule has 2 N–H and O–H groups in total. The van der Waals surface area contributed by atoms with Gasteiger partial charge < -0.3 is 15.4 Å². The van der Waals surface area contributed by atoms with E-state index in [4.69, 9.17) is 4.74 Å². The van der Waals surface area contributed by atoms with E-state index < -0.39 is 17.5 Å². The van der Waals surface area contributed by atoms with Crippen molar-refractivity contribution in [2.45, 2.75) is 37.6 Å². The van der Waals surface area contributed by atoms with E-state index in [0.717, 1.165) is 34.6 Å². The Morgan fingerprint density at radius 1 is 1.13 bits per heavy atom. The topological polar surface area (TPSA) is 87.7 Å². The van der Waals surface area contributed by atoms with E-state index in [1.165, 1.54) is 0 Å². The molecule has 30 heavy (non-hydrogen) atoms. The lowest BCUT2D eigenvalue weighted by Gasteiger charge is -2.19. The van der Waals surface area contributed by atoms with E-state index in [2.05, 4.69) is 10.6 Å². The first-order valence-corrected chi connectivity index (χ1v) is 10.2. The number of urea groups is 1. The molecule has 1 aliphatic heterocycles. The van der Waals surface area contributed by atoms with Gasteiger partial charge in [0, 0.05) is 17.7 Å². The van der Waals surface area contributed by atoms with Gasteiger partial charge in [0.15, 0.2) is 0 Å². The summed E-state index contributed by atoms with van der Waals surface area (Å²) in [5.74, 6) is 0.0261. The molecular formula is C23H25N3O4. The number of ether oxygens (including phenoxy) is 1. The monoisotopic (exact) mass is 407 g/mol. The van der Waals surface area contributed by atoms with Gasteiger partial charge in [0.1, 0.15) is 17.8 Å². The van der Waals surface area contributed by atoms with Crippen LogP contribution >= 0.6 is 0 Å².